The van der Waals surface area contributed by atoms with Crippen molar-refractivity contribution in [2.24, 2.45) is 11.1 Å². The second kappa shape index (κ2) is 6.40. The molecule has 0 heterocycles. The Hall–Kier alpha value is -1.55. The van der Waals surface area contributed by atoms with E-state index in [1.807, 2.05) is 0 Å². The van der Waals surface area contributed by atoms with Crippen LogP contribution >= 0.6 is 0 Å². The van der Waals surface area contributed by atoms with Crippen LogP contribution in [-0.4, -0.2) is 17.6 Å². The molecule has 0 saturated carbocycles. The summed E-state index contributed by atoms with van der Waals surface area (Å²) in [5.41, 5.74) is 6.24. The zero-order valence-electron chi connectivity index (χ0n) is 11.1. The van der Waals surface area contributed by atoms with E-state index in [1.54, 1.807) is 18.2 Å². The number of rotatable bonds is 6. The fourth-order valence-corrected chi connectivity index (χ4v) is 1.77. The average molecular weight is 250 g/mol. The number of phenolic OH excluding ortho intramolecular Hbond substituents is 1. The molecule has 4 heteroatoms. The number of nitrogens with two attached hydrogens (primary N) is 1. The molecule has 0 unspecified atom stereocenters. The second-order valence-corrected chi connectivity index (χ2v) is 5.30. The van der Waals surface area contributed by atoms with Crippen LogP contribution in [0.25, 0.3) is 0 Å². The molecule has 0 fully saturated rings. The number of nitrogens with one attached hydrogen (secondary N) is 1. The Morgan fingerprint density at radius 1 is 1.39 bits per heavy atom. The first-order chi connectivity index (χ1) is 8.43. The summed E-state index contributed by atoms with van der Waals surface area (Å²) in [5.74, 6) is 0.113. The number of hydrogen-bond acceptors (Lipinski definition) is 3. The fourth-order valence-electron chi connectivity index (χ4n) is 1.77. The van der Waals surface area contributed by atoms with Crippen molar-refractivity contribution >= 4 is 11.6 Å². The van der Waals surface area contributed by atoms with Crippen LogP contribution in [0.4, 0.5) is 5.69 Å². The van der Waals surface area contributed by atoms with Gasteiger partial charge in [0.15, 0.2) is 0 Å². The molecule has 18 heavy (non-hydrogen) atoms. The second-order valence-electron chi connectivity index (χ2n) is 5.30. The lowest BCUT2D eigenvalue weighted by atomic mass is 9.84. The summed E-state index contributed by atoms with van der Waals surface area (Å²) in [6.45, 7) is 4.87. The van der Waals surface area contributed by atoms with Gasteiger partial charge in [-0.05, 0) is 36.9 Å². The minimum absolute atomic E-state index is 0.0364. The Kier molecular flexibility index (Phi) is 5.16. The Labute approximate surface area is 108 Å². The molecule has 0 atom stereocenters. The van der Waals surface area contributed by atoms with Gasteiger partial charge in [0.2, 0.25) is 5.91 Å². The van der Waals surface area contributed by atoms with Crippen molar-refractivity contribution in [3.05, 3.63) is 24.3 Å². The number of hydrogen-bond donors (Lipinski definition) is 3. The van der Waals surface area contributed by atoms with E-state index < -0.39 is 0 Å². The zero-order valence-corrected chi connectivity index (χ0v) is 11.1. The molecule has 0 aliphatic carbocycles. The van der Waals surface area contributed by atoms with Gasteiger partial charge in [0.1, 0.15) is 5.75 Å². The normalized spacial score (nSPS) is 11.3. The highest BCUT2D eigenvalue weighted by Crippen LogP contribution is 2.26. The van der Waals surface area contributed by atoms with Gasteiger partial charge in [0.05, 0.1) is 0 Å². The SMILES string of the molecule is CC(C)(CCN)CCC(=O)Nc1cccc(O)c1. The molecule has 0 bridgehead atoms. The minimum Gasteiger partial charge on any atom is -0.508 e. The Bertz CT molecular complexity index is 403. The quantitative estimate of drug-likeness (QED) is 0.726. The predicted molar refractivity (Wildman–Crippen MR) is 73.4 cm³/mol. The van der Waals surface area contributed by atoms with Crippen LogP contribution in [-0.2, 0) is 4.79 Å². The topological polar surface area (TPSA) is 75.4 Å². The van der Waals surface area contributed by atoms with Gasteiger partial charge in [-0.3, -0.25) is 4.79 Å². The molecule has 1 rings (SSSR count). The van der Waals surface area contributed by atoms with Crippen LogP contribution in [0.3, 0.4) is 0 Å². The van der Waals surface area contributed by atoms with Crippen LogP contribution in [0.15, 0.2) is 24.3 Å². The van der Waals surface area contributed by atoms with Gasteiger partial charge in [-0.2, -0.15) is 0 Å². The maximum absolute atomic E-state index is 11.8. The van der Waals surface area contributed by atoms with Gasteiger partial charge >= 0.3 is 0 Å². The first-order valence-electron chi connectivity index (χ1n) is 6.22. The summed E-state index contributed by atoms with van der Waals surface area (Å²) in [7, 11) is 0. The van der Waals surface area contributed by atoms with Crippen molar-refractivity contribution in [2.75, 3.05) is 11.9 Å². The third kappa shape index (κ3) is 5.19. The lowest BCUT2D eigenvalue weighted by Crippen LogP contribution is -2.20. The third-order valence-corrected chi connectivity index (χ3v) is 2.98. The van der Waals surface area contributed by atoms with Crippen molar-refractivity contribution < 1.29 is 9.90 Å². The highest BCUT2D eigenvalue weighted by atomic mass is 16.3. The van der Waals surface area contributed by atoms with E-state index in [-0.39, 0.29) is 17.1 Å². The Morgan fingerprint density at radius 3 is 2.72 bits per heavy atom. The number of carbonyl (C=O) groups is 1. The first-order valence-corrected chi connectivity index (χ1v) is 6.22. The van der Waals surface area contributed by atoms with Crippen LogP contribution in [0.1, 0.15) is 33.1 Å². The summed E-state index contributed by atoms with van der Waals surface area (Å²) < 4.78 is 0. The van der Waals surface area contributed by atoms with E-state index in [2.05, 4.69) is 19.2 Å². The molecule has 1 amide bonds. The summed E-state index contributed by atoms with van der Waals surface area (Å²) in [5, 5.41) is 12.1. The summed E-state index contributed by atoms with van der Waals surface area (Å²) in [6, 6.07) is 6.55. The molecule has 4 N–H and O–H groups in total. The van der Waals surface area contributed by atoms with E-state index in [1.165, 1.54) is 6.07 Å². The largest absolute Gasteiger partial charge is 0.508 e. The maximum Gasteiger partial charge on any atom is 0.224 e. The van der Waals surface area contributed by atoms with E-state index in [4.69, 9.17) is 5.73 Å². The number of benzene rings is 1. The molecule has 4 nitrogen and oxygen atoms in total. The predicted octanol–water partition coefficient (Wildman–Crippen LogP) is 2.49. The number of anilines is 1. The Balaban J connectivity index is 2.43. The molecular weight excluding hydrogens is 228 g/mol. The third-order valence-electron chi connectivity index (χ3n) is 2.98. The molecule has 0 aromatic heterocycles. The maximum atomic E-state index is 11.8. The Morgan fingerprint density at radius 2 is 2.11 bits per heavy atom. The molecule has 1 aromatic rings. The molecule has 0 radical (unpaired) electrons. The molecule has 0 saturated heterocycles. The zero-order chi connectivity index (χ0) is 13.6. The fraction of sp³-hybridized carbons (Fsp3) is 0.500. The smallest absolute Gasteiger partial charge is 0.224 e. The molecular formula is C14H22N2O2. The standard InChI is InChI=1S/C14H22N2O2/c1-14(2,8-9-15)7-6-13(18)16-11-4-3-5-12(17)10-11/h3-5,10,17H,6-9,15H2,1-2H3,(H,16,18). The van der Waals surface area contributed by atoms with Crippen LogP contribution in [0.2, 0.25) is 0 Å². The minimum atomic E-state index is -0.0364. The monoisotopic (exact) mass is 250 g/mol. The van der Waals surface area contributed by atoms with Gasteiger partial charge in [-0.1, -0.05) is 19.9 Å². The lowest BCUT2D eigenvalue weighted by molar-refractivity contribution is -0.116. The summed E-state index contributed by atoms with van der Waals surface area (Å²) in [4.78, 5) is 11.8. The highest BCUT2D eigenvalue weighted by molar-refractivity contribution is 5.90. The van der Waals surface area contributed by atoms with Crippen molar-refractivity contribution in [1.29, 1.82) is 0 Å². The van der Waals surface area contributed by atoms with Gasteiger partial charge < -0.3 is 16.2 Å². The van der Waals surface area contributed by atoms with Crippen LogP contribution in [0, 0.1) is 5.41 Å². The number of amides is 1. The van der Waals surface area contributed by atoms with Gasteiger partial charge in [0, 0.05) is 18.2 Å². The molecule has 0 aliphatic heterocycles. The first kappa shape index (κ1) is 14.5. The lowest BCUT2D eigenvalue weighted by Gasteiger charge is -2.23. The molecule has 0 aliphatic rings. The van der Waals surface area contributed by atoms with E-state index in [0.29, 0.717) is 18.7 Å². The van der Waals surface area contributed by atoms with Crippen LogP contribution < -0.4 is 11.1 Å². The average Bonchev–Trinajstić information content (AvgIpc) is 2.26. The molecule has 1 aromatic carbocycles. The van der Waals surface area contributed by atoms with Crippen molar-refractivity contribution in [1.82, 2.24) is 0 Å². The van der Waals surface area contributed by atoms with E-state index >= 15 is 0 Å². The van der Waals surface area contributed by atoms with Crippen molar-refractivity contribution in [2.45, 2.75) is 33.1 Å². The summed E-state index contributed by atoms with van der Waals surface area (Å²) in [6.07, 6.45) is 2.17. The molecule has 100 valence electrons. The van der Waals surface area contributed by atoms with Crippen molar-refractivity contribution in [3.8, 4) is 5.75 Å². The van der Waals surface area contributed by atoms with E-state index in [9.17, 15) is 9.90 Å². The van der Waals surface area contributed by atoms with Gasteiger partial charge in [-0.15, -0.1) is 0 Å². The number of phenols is 1. The summed E-state index contributed by atoms with van der Waals surface area (Å²) >= 11 is 0. The number of carbonyl (C=O) groups excluding carboxylic acids is 1. The van der Waals surface area contributed by atoms with Gasteiger partial charge in [-0.25, -0.2) is 0 Å². The molecule has 0 spiro atoms. The number of aromatic hydroxyl groups is 1. The van der Waals surface area contributed by atoms with Crippen molar-refractivity contribution in [3.63, 3.8) is 0 Å². The highest BCUT2D eigenvalue weighted by Gasteiger charge is 2.18. The van der Waals surface area contributed by atoms with E-state index in [0.717, 1.165) is 12.8 Å². The van der Waals surface area contributed by atoms with Crippen LogP contribution in [0.5, 0.6) is 5.75 Å². The van der Waals surface area contributed by atoms with Gasteiger partial charge in [0.25, 0.3) is 0 Å².